The summed E-state index contributed by atoms with van der Waals surface area (Å²) in [5.41, 5.74) is 1.21. The number of rotatable bonds is 6. The van der Waals surface area contributed by atoms with Crippen molar-refractivity contribution in [1.82, 2.24) is 4.90 Å². The summed E-state index contributed by atoms with van der Waals surface area (Å²) in [6.07, 6.45) is -0.128. The number of likely N-dealkylation sites (tertiary alicyclic amines) is 1. The Morgan fingerprint density at radius 2 is 1.74 bits per heavy atom. The van der Waals surface area contributed by atoms with Crippen LogP contribution in [0.2, 0.25) is 0 Å². The zero-order valence-corrected chi connectivity index (χ0v) is 14.4. The minimum Gasteiger partial charge on any atom is -0.481 e. The van der Waals surface area contributed by atoms with Crippen LogP contribution in [0.5, 0.6) is 5.75 Å². The molecular formula is C20H19F2NO4. The maximum Gasteiger partial charge on any atom is 0.387 e. The first-order chi connectivity index (χ1) is 13.0. The summed E-state index contributed by atoms with van der Waals surface area (Å²) < 4.78 is 29.5. The van der Waals surface area contributed by atoms with Crippen molar-refractivity contribution < 1.29 is 28.2 Å². The van der Waals surface area contributed by atoms with Crippen LogP contribution in [0.15, 0.2) is 54.6 Å². The normalized spacial score (nSPS) is 19.3. The van der Waals surface area contributed by atoms with Crippen molar-refractivity contribution in [1.29, 1.82) is 0 Å². The molecule has 0 spiro atoms. The highest BCUT2D eigenvalue weighted by Crippen LogP contribution is 2.33. The molecule has 1 heterocycles. The fraction of sp³-hybridized carbons (Fsp3) is 0.300. The number of alkyl halides is 2. The van der Waals surface area contributed by atoms with Crippen molar-refractivity contribution in [3.05, 3.63) is 65.7 Å². The van der Waals surface area contributed by atoms with Crippen LogP contribution in [0, 0.1) is 5.92 Å². The van der Waals surface area contributed by atoms with Crippen LogP contribution in [-0.4, -0.2) is 41.6 Å². The van der Waals surface area contributed by atoms with Crippen LogP contribution in [0.1, 0.15) is 17.0 Å². The molecule has 5 nitrogen and oxygen atoms in total. The Bertz CT molecular complexity index is 813. The van der Waals surface area contributed by atoms with E-state index >= 15 is 0 Å². The third kappa shape index (κ3) is 4.42. The minimum atomic E-state index is -2.98. The highest BCUT2D eigenvalue weighted by atomic mass is 19.3. The molecule has 1 N–H and O–H groups in total. The van der Waals surface area contributed by atoms with Gasteiger partial charge in [0.2, 0.25) is 5.91 Å². The molecule has 0 unspecified atom stereocenters. The van der Waals surface area contributed by atoms with Gasteiger partial charge < -0.3 is 14.7 Å². The Hall–Kier alpha value is -2.96. The van der Waals surface area contributed by atoms with E-state index in [0.717, 1.165) is 5.56 Å². The van der Waals surface area contributed by atoms with Crippen LogP contribution >= 0.6 is 0 Å². The van der Waals surface area contributed by atoms with Crippen molar-refractivity contribution in [3.8, 4) is 5.75 Å². The van der Waals surface area contributed by atoms with E-state index in [1.54, 1.807) is 18.2 Å². The van der Waals surface area contributed by atoms with Crippen molar-refractivity contribution in [2.45, 2.75) is 19.0 Å². The average Bonchev–Trinajstić information content (AvgIpc) is 3.09. The van der Waals surface area contributed by atoms with E-state index in [-0.39, 0.29) is 37.1 Å². The first-order valence-corrected chi connectivity index (χ1v) is 8.54. The molecule has 2 aromatic carbocycles. The standard InChI is InChI=1S/C20H19F2NO4/c21-20(22)27-17-9-5-4-8-14(17)10-18(24)23-11-15(16(12-23)19(25)26)13-6-2-1-3-7-13/h1-9,15-16,20H,10-12H2,(H,25,26)/t15-,16-/m1/s1. The van der Waals surface area contributed by atoms with Gasteiger partial charge in [0.15, 0.2) is 0 Å². The summed E-state index contributed by atoms with van der Waals surface area (Å²) in [4.78, 5) is 25.8. The largest absolute Gasteiger partial charge is 0.481 e. The lowest BCUT2D eigenvalue weighted by Gasteiger charge is -2.18. The third-order valence-electron chi connectivity index (χ3n) is 4.75. The zero-order valence-electron chi connectivity index (χ0n) is 14.4. The molecule has 0 aliphatic carbocycles. The maximum absolute atomic E-state index is 12.7. The van der Waals surface area contributed by atoms with Crippen LogP contribution in [0.3, 0.4) is 0 Å². The van der Waals surface area contributed by atoms with Gasteiger partial charge in [0.1, 0.15) is 5.75 Å². The molecule has 1 aliphatic heterocycles. The number of hydrogen-bond donors (Lipinski definition) is 1. The number of ether oxygens (including phenoxy) is 1. The van der Waals surface area contributed by atoms with Gasteiger partial charge in [-0.1, -0.05) is 48.5 Å². The summed E-state index contributed by atoms with van der Waals surface area (Å²) in [5.74, 6) is -2.33. The zero-order chi connectivity index (χ0) is 19.4. The molecule has 1 saturated heterocycles. The second-order valence-corrected chi connectivity index (χ2v) is 6.42. The quantitative estimate of drug-likeness (QED) is 0.842. The molecule has 7 heteroatoms. The molecule has 3 rings (SSSR count). The van der Waals surface area contributed by atoms with Crippen LogP contribution in [-0.2, 0) is 16.0 Å². The van der Waals surface area contributed by atoms with Crippen molar-refractivity contribution in [2.24, 2.45) is 5.92 Å². The van der Waals surface area contributed by atoms with Gasteiger partial charge in [-0.15, -0.1) is 0 Å². The van der Waals surface area contributed by atoms with Crippen LogP contribution in [0.25, 0.3) is 0 Å². The smallest absolute Gasteiger partial charge is 0.387 e. The molecule has 2 aromatic rings. The molecule has 2 atom stereocenters. The summed E-state index contributed by atoms with van der Waals surface area (Å²) in [6, 6.07) is 15.3. The topological polar surface area (TPSA) is 66.8 Å². The predicted octanol–water partition coefficient (Wildman–Crippen LogP) is 3.16. The molecule has 142 valence electrons. The lowest BCUT2D eigenvalue weighted by Crippen LogP contribution is -2.31. The summed E-state index contributed by atoms with van der Waals surface area (Å²) >= 11 is 0. The average molecular weight is 375 g/mol. The third-order valence-corrected chi connectivity index (χ3v) is 4.75. The SMILES string of the molecule is O=C(O)[C@@H]1CN(C(=O)Cc2ccccc2OC(F)F)C[C@@H]1c1ccccc1. The summed E-state index contributed by atoms with van der Waals surface area (Å²) in [7, 11) is 0. The molecular weight excluding hydrogens is 356 g/mol. The first-order valence-electron chi connectivity index (χ1n) is 8.54. The van der Waals surface area contributed by atoms with Crippen molar-refractivity contribution >= 4 is 11.9 Å². The Morgan fingerprint density at radius 1 is 1.07 bits per heavy atom. The van der Waals surface area contributed by atoms with Crippen LogP contribution in [0.4, 0.5) is 8.78 Å². The van der Waals surface area contributed by atoms with E-state index in [0.29, 0.717) is 5.56 Å². The fourth-order valence-electron chi connectivity index (χ4n) is 3.43. The van der Waals surface area contributed by atoms with Gasteiger partial charge in [0.25, 0.3) is 0 Å². The molecule has 1 aliphatic rings. The number of benzene rings is 2. The second kappa shape index (κ2) is 8.16. The van der Waals surface area contributed by atoms with Crippen molar-refractivity contribution in [3.63, 3.8) is 0 Å². The highest BCUT2D eigenvalue weighted by Gasteiger charge is 2.40. The molecule has 27 heavy (non-hydrogen) atoms. The van der Waals surface area contributed by atoms with Gasteiger partial charge in [-0.25, -0.2) is 0 Å². The molecule has 1 fully saturated rings. The van der Waals surface area contributed by atoms with Gasteiger partial charge in [-0.05, 0) is 11.6 Å². The number of carboxylic acid groups (broad SMARTS) is 1. The number of hydrogen-bond acceptors (Lipinski definition) is 3. The monoisotopic (exact) mass is 375 g/mol. The molecule has 0 saturated carbocycles. The van der Waals surface area contributed by atoms with E-state index in [2.05, 4.69) is 4.74 Å². The number of carbonyl (C=O) groups is 2. The molecule has 0 radical (unpaired) electrons. The van der Waals surface area contributed by atoms with E-state index in [4.69, 9.17) is 0 Å². The lowest BCUT2D eigenvalue weighted by molar-refractivity contribution is -0.141. The first kappa shape index (κ1) is 18.8. The molecule has 0 aromatic heterocycles. The fourth-order valence-corrected chi connectivity index (χ4v) is 3.43. The Morgan fingerprint density at radius 3 is 2.41 bits per heavy atom. The van der Waals surface area contributed by atoms with Crippen molar-refractivity contribution in [2.75, 3.05) is 13.1 Å². The number of carboxylic acids is 1. The summed E-state index contributed by atoms with van der Waals surface area (Å²) in [5, 5.41) is 9.54. The second-order valence-electron chi connectivity index (χ2n) is 6.42. The van der Waals surface area contributed by atoms with E-state index < -0.39 is 18.5 Å². The lowest BCUT2D eigenvalue weighted by atomic mass is 9.89. The minimum absolute atomic E-state index is 0.0468. The molecule has 1 amide bonds. The number of aliphatic carboxylic acids is 1. The number of para-hydroxylation sites is 1. The number of halogens is 2. The van der Waals surface area contributed by atoms with E-state index in [1.807, 2.05) is 30.3 Å². The van der Waals surface area contributed by atoms with Gasteiger partial charge in [0.05, 0.1) is 12.3 Å². The number of carbonyl (C=O) groups excluding carboxylic acids is 1. The summed E-state index contributed by atoms with van der Waals surface area (Å²) in [6.45, 7) is -2.62. The Balaban J connectivity index is 1.75. The highest BCUT2D eigenvalue weighted by molar-refractivity contribution is 5.82. The van der Waals surface area contributed by atoms with Crippen LogP contribution < -0.4 is 4.74 Å². The number of amides is 1. The van der Waals surface area contributed by atoms with Gasteiger partial charge in [-0.3, -0.25) is 9.59 Å². The predicted molar refractivity (Wildman–Crippen MR) is 93.7 cm³/mol. The Kier molecular flexibility index (Phi) is 5.69. The van der Waals surface area contributed by atoms with Gasteiger partial charge in [-0.2, -0.15) is 8.78 Å². The van der Waals surface area contributed by atoms with E-state index in [9.17, 15) is 23.5 Å². The number of nitrogens with zero attached hydrogens (tertiary/aromatic N) is 1. The van der Waals surface area contributed by atoms with Gasteiger partial charge >= 0.3 is 12.6 Å². The molecule has 0 bridgehead atoms. The van der Waals surface area contributed by atoms with Gasteiger partial charge in [0, 0.05) is 24.6 Å². The van der Waals surface area contributed by atoms with E-state index in [1.165, 1.54) is 11.0 Å². The maximum atomic E-state index is 12.7. The Labute approximate surface area is 155 Å².